The zero-order chi connectivity index (χ0) is 16.0. The Morgan fingerprint density at radius 2 is 1.45 bits per heavy atom. The van der Waals surface area contributed by atoms with Crippen LogP contribution in [0.2, 0.25) is 0 Å². The van der Waals surface area contributed by atoms with E-state index in [0.717, 1.165) is 19.4 Å². The molecule has 1 spiro atoms. The Kier molecular flexibility index (Phi) is 7.92. The van der Waals surface area contributed by atoms with Gasteiger partial charge in [0.1, 0.15) is 11.7 Å². The predicted molar refractivity (Wildman–Crippen MR) is 86.9 cm³/mol. The fourth-order valence-electron chi connectivity index (χ4n) is 2.09. The van der Waals surface area contributed by atoms with Crippen LogP contribution in [-0.2, 0) is 27.6 Å². The maximum Gasteiger partial charge on any atom is 0.201 e. The van der Waals surface area contributed by atoms with Gasteiger partial charge in [0.15, 0.2) is 0 Å². The average molecular weight is 354 g/mol. The number of rotatable bonds is 7. The van der Waals surface area contributed by atoms with Gasteiger partial charge in [0.2, 0.25) is 16.8 Å². The Morgan fingerprint density at radius 3 is 1.91 bits per heavy atom. The van der Waals surface area contributed by atoms with E-state index in [0.29, 0.717) is 26.4 Å². The van der Waals surface area contributed by atoms with E-state index in [9.17, 15) is 0 Å². The highest BCUT2D eigenvalue weighted by molar-refractivity contribution is 7.48. The van der Waals surface area contributed by atoms with Crippen LogP contribution in [0.15, 0.2) is 0 Å². The molecule has 2 rings (SSSR count). The lowest BCUT2D eigenvalue weighted by molar-refractivity contribution is -0.0646. The molecule has 22 heavy (non-hydrogen) atoms. The third-order valence-corrected chi connectivity index (χ3v) is 6.87. The number of hydrogen-bond acceptors (Lipinski definition) is 6. The van der Waals surface area contributed by atoms with Crippen LogP contribution in [-0.4, -0.2) is 51.8 Å². The lowest BCUT2D eigenvalue weighted by Crippen LogP contribution is -2.45. The van der Waals surface area contributed by atoms with Crippen molar-refractivity contribution in [3.8, 4) is 0 Å². The topological polar surface area (TPSA) is 55.4 Å². The predicted octanol–water partition coefficient (Wildman–Crippen LogP) is 3.85. The van der Waals surface area contributed by atoms with E-state index in [4.69, 9.17) is 27.6 Å². The second-order valence-corrected chi connectivity index (χ2v) is 9.45. The van der Waals surface area contributed by atoms with E-state index in [-0.39, 0.29) is 17.1 Å². The number of ether oxygens (including phenoxy) is 2. The number of methoxy groups -OCH3 is 1. The van der Waals surface area contributed by atoms with Gasteiger partial charge in [-0.1, -0.05) is 13.3 Å². The molecule has 0 bridgehead atoms. The van der Waals surface area contributed by atoms with Crippen LogP contribution in [0.3, 0.4) is 0 Å². The summed E-state index contributed by atoms with van der Waals surface area (Å²) >= 11 is 0. The summed E-state index contributed by atoms with van der Waals surface area (Å²) in [6.07, 6.45) is 2.20. The minimum atomic E-state index is -0.980. The zero-order valence-corrected chi connectivity index (χ0v) is 15.7. The molecule has 0 saturated carbocycles. The van der Waals surface area contributed by atoms with Gasteiger partial charge in [0, 0.05) is 13.7 Å². The zero-order valence-electron chi connectivity index (χ0n) is 13.9. The van der Waals surface area contributed by atoms with Gasteiger partial charge in [-0.3, -0.25) is 0 Å². The quantitative estimate of drug-likeness (QED) is 0.511. The SMILES string of the molecule is CCCCOC(C)P1OCC2(COP(C(C)OC)OC2)CO1. The normalized spacial score (nSPS) is 35.5. The minimum Gasteiger partial charge on any atom is -0.372 e. The van der Waals surface area contributed by atoms with E-state index in [1.807, 2.05) is 13.8 Å². The van der Waals surface area contributed by atoms with E-state index in [1.54, 1.807) is 7.11 Å². The molecular formula is C14H28O6P2. The maximum atomic E-state index is 5.92. The minimum absolute atomic E-state index is 0.00923. The maximum absolute atomic E-state index is 5.92. The van der Waals surface area contributed by atoms with Gasteiger partial charge in [0.05, 0.1) is 31.8 Å². The molecule has 0 radical (unpaired) electrons. The van der Waals surface area contributed by atoms with Crippen molar-refractivity contribution in [1.29, 1.82) is 0 Å². The summed E-state index contributed by atoms with van der Waals surface area (Å²) in [6, 6.07) is 0. The van der Waals surface area contributed by atoms with Gasteiger partial charge < -0.3 is 27.6 Å². The summed E-state index contributed by atoms with van der Waals surface area (Å²) in [5, 5.41) is 0. The van der Waals surface area contributed by atoms with Gasteiger partial charge in [-0.2, -0.15) is 0 Å². The van der Waals surface area contributed by atoms with Crippen molar-refractivity contribution in [1.82, 2.24) is 0 Å². The van der Waals surface area contributed by atoms with Crippen LogP contribution < -0.4 is 0 Å². The highest BCUT2D eigenvalue weighted by atomic mass is 31.2. The summed E-state index contributed by atoms with van der Waals surface area (Å²) in [6.45, 7) is 9.30. The molecule has 2 saturated heterocycles. The fourth-order valence-corrected chi connectivity index (χ4v) is 5.08. The molecule has 2 aliphatic heterocycles. The van der Waals surface area contributed by atoms with Crippen molar-refractivity contribution in [2.75, 3.05) is 40.1 Å². The van der Waals surface area contributed by atoms with Crippen LogP contribution in [0, 0.1) is 5.41 Å². The molecule has 2 unspecified atom stereocenters. The van der Waals surface area contributed by atoms with Crippen molar-refractivity contribution >= 4 is 16.8 Å². The molecule has 8 heteroatoms. The largest absolute Gasteiger partial charge is 0.372 e. The van der Waals surface area contributed by atoms with E-state index < -0.39 is 16.8 Å². The van der Waals surface area contributed by atoms with Crippen molar-refractivity contribution in [2.45, 2.75) is 45.3 Å². The van der Waals surface area contributed by atoms with Crippen molar-refractivity contribution in [3.63, 3.8) is 0 Å². The molecule has 0 aliphatic carbocycles. The van der Waals surface area contributed by atoms with Crippen LogP contribution in [0.1, 0.15) is 33.6 Å². The molecule has 2 fully saturated rings. The van der Waals surface area contributed by atoms with E-state index in [2.05, 4.69) is 6.92 Å². The van der Waals surface area contributed by atoms with Crippen molar-refractivity contribution in [3.05, 3.63) is 0 Å². The second-order valence-electron chi connectivity index (χ2n) is 5.82. The van der Waals surface area contributed by atoms with E-state index in [1.165, 1.54) is 0 Å². The molecule has 0 aromatic heterocycles. The third kappa shape index (κ3) is 5.06. The highest BCUT2D eigenvalue weighted by Crippen LogP contribution is 2.55. The second kappa shape index (κ2) is 9.19. The first-order chi connectivity index (χ1) is 10.6. The van der Waals surface area contributed by atoms with Crippen molar-refractivity contribution < 1.29 is 27.6 Å². The molecular weight excluding hydrogens is 326 g/mol. The highest BCUT2D eigenvalue weighted by Gasteiger charge is 2.44. The fraction of sp³-hybridized carbons (Fsp3) is 1.00. The smallest absolute Gasteiger partial charge is 0.201 e. The molecule has 2 aliphatic rings. The Morgan fingerprint density at radius 1 is 0.955 bits per heavy atom. The first-order valence-electron chi connectivity index (χ1n) is 7.85. The van der Waals surface area contributed by atoms with Crippen LogP contribution in [0.5, 0.6) is 0 Å². The van der Waals surface area contributed by atoms with Gasteiger partial charge in [-0.05, 0) is 20.3 Å². The summed E-state index contributed by atoms with van der Waals surface area (Å²) in [5.74, 6) is -0.00291. The third-order valence-electron chi connectivity index (χ3n) is 3.78. The lowest BCUT2D eigenvalue weighted by atomic mass is 9.93. The first-order valence-corrected chi connectivity index (χ1v) is 10.3. The first kappa shape index (κ1) is 19.0. The monoisotopic (exact) mass is 354 g/mol. The van der Waals surface area contributed by atoms with E-state index >= 15 is 0 Å². The molecule has 2 atom stereocenters. The summed E-state index contributed by atoms with van der Waals surface area (Å²) in [4.78, 5) is 0. The van der Waals surface area contributed by atoms with Crippen LogP contribution in [0.25, 0.3) is 0 Å². The number of hydrogen-bond donors (Lipinski definition) is 0. The van der Waals surface area contributed by atoms with Crippen LogP contribution >= 0.6 is 16.8 Å². The average Bonchev–Trinajstić information content (AvgIpc) is 2.55. The molecule has 2 heterocycles. The van der Waals surface area contributed by atoms with Crippen LogP contribution in [0.4, 0.5) is 0 Å². The Hall–Kier alpha value is 0.620. The van der Waals surface area contributed by atoms with Gasteiger partial charge in [-0.15, -0.1) is 0 Å². The van der Waals surface area contributed by atoms with Crippen molar-refractivity contribution in [2.24, 2.45) is 5.41 Å². The van der Waals surface area contributed by atoms with Gasteiger partial charge >= 0.3 is 0 Å². The Labute approximate surface area is 135 Å². The summed E-state index contributed by atoms with van der Waals surface area (Å²) in [7, 11) is -0.279. The number of unbranched alkanes of at least 4 members (excludes halogenated alkanes) is 1. The van der Waals surface area contributed by atoms with Gasteiger partial charge in [-0.25, -0.2) is 0 Å². The molecule has 130 valence electrons. The molecule has 6 nitrogen and oxygen atoms in total. The Balaban J connectivity index is 1.73. The molecule has 0 amide bonds. The standard InChI is InChI=1S/C14H28O6P2/c1-5-6-7-16-13(3)22-19-10-14(11-20-22)8-17-21(18-9-14)12(2)15-4/h12-13H,5-11H2,1-4H3. The lowest BCUT2D eigenvalue weighted by Gasteiger charge is -2.44. The molecule has 0 aromatic carbocycles. The Bertz CT molecular complexity index is 314. The summed E-state index contributed by atoms with van der Waals surface area (Å²) < 4.78 is 34.5. The van der Waals surface area contributed by atoms with Gasteiger partial charge in [0.25, 0.3) is 0 Å². The molecule has 0 aromatic rings. The molecule has 0 N–H and O–H groups in total. The summed E-state index contributed by atoms with van der Waals surface area (Å²) in [5.41, 5.74) is -0.186.